The van der Waals surface area contributed by atoms with Gasteiger partial charge in [-0.25, -0.2) is 4.39 Å². The molecule has 0 radical (unpaired) electrons. The van der Waals surface area contributed by atoms with Crippen LogP contribution >= 0.6 is 15.9 Å². The fourth-order valence-electron chi connectivity index (χ4n) is 1.57. The first-order chi connectivity index (χ1) is 6.91. The molecule has 1 N–H and O–H groups in total. The summed E-state index contributed by atoms with van der Waals surface area (Å²) in [6.45, 7) is 3.61. The summed E-state index contributed by atoms with van der Waals surface area (Å²) in [5.41, 5.74) is 0.490. The Hall–Kier alpha value is -0.900. The normalized spacial score (nSPS) is 12.9. The lowest BCUT2D eigenvalue weighted by molar-refractivity contribution is -0.139. The van der Waals surface area contributed by atoms with Crippen LogP contribution < -0.4 is 0 Å². The molecule has 1 atom stereocenters. The van der Waals surface area contributed by atoms with Crippen molar-refractivity contribution >= 4 is 21.9 Å². The zero-order chi connectivity index (χ0) is 11.6. The van der Waals surface area contributed by atoms with Crippen molar-refractivity contribution in [2.45, 2.75) is 19.8 Å². The summed E-state index contributed by atoms with van der Waals surface area (Å²) >= 11 is 3.15. The molecule has 82 valence electrons. The number of carboxylic acid groups (broad SMARTS) is 1. The zero-order valence-corrected chi connectivity index (χ0v) is 10.1. The molecule has 0 aliphatic heterocycles. The van der Waals surface area contributed by atoms with Gasteiger partial charge in [-0.15, -0.1) is 0 Å². The molecule has 0 saturated carbocycles. The maximum atomic E-state index is 13.1. The van der Waals surface area contributed by atoms with E-state index >= 15 is 0 Å². The first kappa shape index (κ1) is 12.2. The number of halogens is 2. The summed E-state index contributed by atoms with van der Waals surface area (Å²) < 4.78 is 13.7. The summed E-state index contributed by atoms with van der Waals surface area (Å²) in [6.07, 6.45) is 0. The minimum Gasteiger partial charge on any atom is -0.481 e. The van der Waals surface area contributed by atoms with Gasteiger partial charge < -0.3 is 5.11 Å². The molecule has 0 aliphatic carbocycles. The van der Waals surface area contributed by atoms with E-state index in [0.717, 1.165) is 0 Å². The van der Waals surface area contributed by atoms with E-state index in [1.807, 2.05) is 0 Å². The monoisotopic (exact) mass is 274 g/mol. The second-order valence-electron chi connectivity index (χ2n) is 3.76. The highest BCUT2D eigenvalue weighted by Crippen LogP contribution is 2.27. The maximum absolute atomic E-state index is 13.1. The first-order valence-electron chi connectivity index (χ1n) is 4.60. The molecular formula is C11H12BrFO2. The minimum atomic E-state index is -0.928. The van der Waals surface area contributed by atoms with Gasteiger partial charge in [0.15, 0.2) is 0 Å². The lowest BCUT2D eigenvalue weighted by atomic mass is 9.88. The topological polar surface area (TPSA) is 37.3 Å². The van der Waals surface area contributed by atoms with Crippen LogP contribution in [-0.4, -0.2) is 11.1 Å². The van der Waals surface area contributed by atoms with Gasteiger partial charge in [0.1, 0.15) is 5.82 Å². The molecule has 0 spiro atoms. The van der Waals surface area contributed by atoms with Crippen molar-refractivity contribution in [1.82, 2.24) is 0 Å². The number of hydrogen-bond acceptors (Lipinski definition) is 1. The van der Waals surface area contributed by atoms with E-state index in [0.29, 0.717) is 10.0 Å². The predicted molar refractivity (Wildman–Crippen MR) is 59.3 cm³/mol. The standard InChI is InChI=1S/C11H12BrFO2/c1-6(2)10(11(14)15)7-3-8(12)5-9(13)4-7/h3-6,10H,1-2H3,(H,14,15). The highest BCUT2D eigenvalue weighted by atomic mass is 79.9. The van der Waals surface area contributed by atoms with Crippen LogP contribution in [0.15, 0.2) is 22.7 Å². The van der Waals surface area contributed by atoms with Crippen LogP contribution in [0.1, 0.15) is 25.3 Å². The Morgan fingerprint density at radius 1 is 1.40 bits per heavy atom. The highest BCUT2D eigenvalue weighted by molar-refractivity contribution is 9.10. The van der Waals surface area contributed by atoms with Crippen LogP contribution in [0.2, 0.25) is 0 Å². The smallest absolute Gasteiger partial charge is 0.311 e. The third-order valence-corrected chi connectivity index (χ3v) is 2.63. The summed E-state index contributed by atoms with van der Waals surface area (Å²) in [7, 11) is 0. The Morgan fingerprint density at radius 2 is 2.00 bits per heavy atom. The number of rotatable bonds is 3. The number of hydrogen-bond donors (Lipinski definition) is 1. The molecule has 1 unspecified atom stereocenters. The lowest BCUT2D eigenvalue weighted by Crippen LogP contribution is -2.17. The number of carbonyl (C=O) groups is 1. The first-order valence-corrected chi connectivity index (χ1v) is 5.40. The quantitative estimate of drug-likeness (QED) is 0.917. The average molecular weight is 275 g/mol. The van der Waals surface area contributed by atoms with Gasteiger partial charge in [-0.05, 0) is 29.7 Å². The van der Waals surface area contributed by atoms with Gasteiger partial charge in [0, 0.05) is 4.47 Å². The Labute approximate surface area is 96.2 Å². The molecular weight excluding hydrogens is 263 g/mol. The molecule has 2 nitrogen and oxygen atoms in total. The van der Waals surface area contributed by atoms with Crippen LogP contribution in [0.4, 0.5) is 4.39 Å². The van der Waals surface area contributed by atoms with Crippen molar-refractivity contribution in [3.05, 3.63) is 34.1 Å². The zero-order valence-electron chi connectivity index (χ0n) is 8.50. The highest BCUT2D eigenvalue weighted by Gasteiger charge is 2.24. The second-order valence-corrected chi connectivity index (χ2v) is 4.68. The molecule has 0 aromatic heterocycles. The van der Waals surface area contributed by atoms with E-state index in [9.17, 15) is 9.18 Å². The van der Waals surface area contributed by atoms with Crippen LogP contribution in [0.3, 0.4) is 0 Å². The molecule has 0 amide bonds. The van der Waals surface area contributed by atoms with Crippen molar-refractivity contribution in [3.63, 3.8) is 0 Å². The van der Waals surface area contributed by atoms with Crippen molar-refractivity contribution in [1.29, 1.82) is 0 Å². The van der Waals surface area contributed by atoms with Crippen molar-refractivity contribution < 1.29 is 14.3 Å². The van der Waals surface area contributed by atoms with Gasteiger partial charge >= 0.3 is 5.97 Å². The van der Waals surface area contributed by atoms with Gasteiger partial charge in [-0.2, -0.15) is 0 Å². The van der Waals surface area contributed by atoms with E-state index in [4.69, 9.17) is 5.11 Å². The van der Waals surface area contributed by atoms with Gasteiger partial charge in [0.05, 0.1) is 5.92 Å². The summed E-state index contributed by atoms with van der Waals surface area (Å²) in [5.74, 6) is -2.10. The van der Waals surface area contributed by atoms with Gasteiger partial charge in [-0.3, -0.25) is 4.79 Å². The lowest BCUT2D eigenvalue weighted by Gasteiger charge is -2.16. The van der Waals surface area contributed by atoms with Gasteiger partial charge in [-0.1, -0.05) is 29.8 Å². The van der Waals surface area contributed by atoms with Gasteiger partial charge in [0.2, 0.25) is 0 Å². The Balaban J connectivity index is 3.17. The Bertz CT molecular complexity index is 357. The number of aliphatic carboxylic acids is 1. The molecule has 1 rings (SSSR count). The molecule has 1 aromatic rings. The van der Waals surface area contributed by atoms with Crippen LogP contribution in [0.25, 0.3) is 0 Å². The largest absolute Gasteiger partial charge is 0.481 e. The van der Waals surface area contributed by atoms with Crippen LogP contribution in [0, 0.1) is 11.7 Å². The molecule has 0 bridgehead atoms. The molecule has 4 heteroatoms. The molecule has 0 aliphatic rings. The van der Waals surface area contributed by atoms with Crippen molar-refractivity contribution in [2.75, 3.05) is 0 Å². The van der Waals surface area contributed by atoms with E-state index in [-0.39, 0.29) is 5.92 Å². The molecule has 0 fully saturated rings. The molecule has 0 saturated heterocycles. The predicted octanol–water partition coefficient (Wildman–Crippen LogP) is 3.41. The average Bonchev–Trinajstić information content (AvgIpc) is 1.99. The maximum Gasteiger partial charge on any atom is 0.311 e. The fraction of sp³-hybridized carbons (Fsp3) is 0.364. The molecule has 0 heterocycles. The summed E-state index contributed by atoms with van der Waals surface area (Å²) in [5, 5.41) is 9.04. The van der Waals surface area contributed by atoms with E-state index in [1.54, 1.807) is 19.9 Å². The van der Waals surface area contributed by atoms with Crippen molar-refractivity contribution in [2.24, 2.45) is 5.92 Å². The van der Waals surface area contributed by atoms with E-state index < -0.39 is 17.7 Å². The minimum absolute atomic E-state index is 0.0730. The Morgan fingerprint density at radius 3 is 2.40 bits per heavy atom. The number of benzene rings is 1. The van der Waals surface area contributed by atoms with E-state index in [2.05, 4.69) is 15.9 Å². The molecule has 15 heavy (non-hydrogen) atoms. The van der Waals surface area contributed by atoms with Gasteiger partial charge in [0.25, 0.3) is 0 Å². The van der Waals surface area contributed by atoms with Crippen LogP contribution in [-0.2, 0) is 4.79 Å². The number of carboxylic acids is 1. The summed E-state index contributed by atoms with van der Waals surface area (Å²) in [4.78, 5) is 11.0. The third-order valence-electron chi connectivity index (χ3n) is 2.18. The van der Waals surface area contributed by atoms with Crippen LogP contribution in [0.5, 0.6) is 0 Å². The third kappa shape index (κ3) is 3.02. The fourth-order valence-corrected chi connectivity index (χ4v) is 2.05. The SMILES string of the molecule is CC(C)C(C(=O)O)c1cc(F)cc(Br)c1. The Kier molecular flexibility index (Phi) is 3.85. The summed E-state index contributed by atoms with van der Waals surface area (Å²) in [6, 6.07) is 4.22. The van der Waals surface area contributed by atoms with E-state index in [1.165, 1.54) is 12.1 Å². The van der Waals surface area contributed by atoms with Crippen molar-refractivity contribution in [3.8, 4) is 0 Å². The second kappa shape index (κ2) is 4.75. The molecule has 1 aromatic carbocycles.